The molecular weight excluding hydrogens is 324 g/mol. The number of hydrogen-bond acceptors (Lipinski definition) is 7. The van der Waals surface area contributed by atoms with Gasteiger partial charge in [-0.2, -0.15) is 0 Å². The van der Waals surface area contributed by atoms with Crippen LogP contribution in [0.4, 0.5) is 9.93 Å². The molecule has 0 unspecified atom stereocenters. The smallest absolute Gasteiger partial charge is 0.294 e. The van der Waals surface area contributed by atoms with Crippen LogP contribution in [-0.4, -0.2) is 38.7 Å². The Kier molecular flexibility index (Phi) is 5.30. The van der Waals surface area contributed by atoms with Gasteiger partial charge in [0, 0.05) is 6.42 Å². The van der Waals surface area contributed by atoms with Crippen LogP contribution in [0.5, 0.6) is 0 Å². The Labute approximate surface area is 136 Å². The number of anilines is 1. The predicted molar refractivity (Wildman–Crippen MR) is 85.6 cm³/mol. The summed E-state index contributed by atoms with van der Waals surface area (Å²) in [5.74, 6) is -0.884. The Morgan fingerprint density at radius 2 is 2.00 bits per heavy atom. The summed E-state index contributed by atoms with van der Waals surface area (Å²) in [5.41, 5.74) is 0.764. The van der Waals surface area contributed by atoms with Crippen molar-refractivity contribution in [3.8, 4) is 0 Å². The van der Waals surface area contributed by atoms with Crippen molar-refractivity contribution < 1.29 is 14.4 Å². The van der Waals surface area contributed by atoms with E-state index in [1.807, 2.05) is 6.92 Å². The van der Waals surface area contributed by atoms with Gasteiger partial charge in [-0.05, 0) is 32.0 Å². The Hall–Kier alpha value is -1.74. The average molecular weight is 340 g/mol. The molecule has 0 saturated carbocycles. The number of allylic oxidation sites excluding steroid dienone is 1. The number of carbonyl (C=O) groups excluding carboxylic acids is 3. The average Bonchev–Trinajstić information content (AvgIpc) is 2.98. The van der Waals surface area contributed by atoms with E-state index in [1.165, 1.54) is 11.3 Å². The van der Waals surface area contributed by atoms with E-state index >= 15 is 0 Å². The van der Waals surface area contributed by atoms with Crippen molar-refractivity contribution in [3.63, 3.8) is 0 Å². The van der Waals surface area contributed by atoms with Crippen LogP contribution in [-0.2, 0) is 16.0 Å². The summed E-state index contributed by atoms with van der Waals surface area (Å²) < 4.78 is 0. The van der Waals surface area contributed by atoms with Crippen LogP contribution in [0, 0.1) is 0 Å². The molecule has 0 aliphatic carbocycles. The first kappa shape index (κ1) is 16.6. The highest BCUT2D eigenvalue weighted by molar-refractivity contribution is 8.18. The minimum Gasteiger partial charge on any atom is -0.299 e. The zero-order valence-electron chi connectivity index (χ0n) is 12.5. The highest BCUT2D eigenvalue weighted by atomic mass is 32.2. The van der Waals surface area contributed by atoms with Crippen LogP contribution in [0.1, 0.15) is 32.2 Å². The van der Waals surface area contributed by atoms with Crippen LogP contribution in [0.15, 0.2) is 10.5 Å². The summed E-state index contributed by atoms with van der Waals surface area (Å²) >= 11 is 2.15. The number of thioether (sulfide) groups is 1. The van der Waals surface area contributed by atoms with Crippen molar-refractivity contribution in [2.24, 2.45) is 0 Å². The van der Waals surface area contributed by atoms with Crippen molar-refractivity contribution >= 4 is 45.3 Å². The van der Waals surface area contributed by atoms with Gasteiger partial charge in [0.2, 0.25) is 11.0 Å². The Morgan fingerprint density at radius 1 is 1.27 bits per heavy atom. The Morgan fingerprint density at radius 3 is 2.59 bits per heavy atom. The third-order valence-corrected chi connectivity index (χ3v) is 4.86. The van der Waals surface area contributed by atoms with Crippen LogP contribution < -0.4 is 5.32 Å². The van der Waals surface area contributed by atoms with Gasteiger partial charge in [0.25, 0.3) is 11.1 Å². The second kappa shape index (κ2) is 7.01. The summed E-state index contributed by atoms with van der Waals surface area (Å²) in [7, 11) is 0. The third kappa shape index (κ3) is 3.72. The van der Waals surface area contributed by atoms with Crippen molar-refractivity contribution in [1.82, 2.24) is 15.1 Å². The van der Waals surface area contributed by atoms with E-state index in [9.17, 15) is 14.4 Å². The molecule has 1 N–H and O–H groups in total. The zero-order valence-corrected chi connectivity index (χ0v) is 14.1. The monoisotopic (exact) mass is 340 g/mol. The standard InChI is InChI=1S/C13H16N4O3S2/c1-4-5-9-15-16-12(21-9)14-8(18)6-17-11(19)10(7(2)3)22-13(17)20/h4-6H2,1-3H3,(H,14,16,18). The van der Waals surface area contributed by atoms with Gasteiger partial charge in [0.15, 0.2) is 0 Å². The lowest BCUT2D eigenvalue weighted by atomic mass is 10.3. The quantitative estimate of drug-likeness (QED) is 0.828. The molecule has 0 bridgehead atoms. The molecule has 0 spiro atoms. The van der Waals surface area contributed by atoms with Gasteiger partial charge in [-0.15, -0.1) is 10.2 Å². The number of nitrogens with zero attached hydrogens (tertiary/aromatic N) is 3. The van der Waals surface area contributed by atoms with Gasteiger partial charge in [-0.1, -0.05) is 23.8 Å². The number of imide groups is 1. The third-order valence-electron chi connectivity index (χ3n) is 2.78. The van der Waals surface area contributed by atoms with Gasteiger partial charge in [0.1, 0.15) is 11.6 Å². The molecule has 1 aromatic rings. The van der Waals surface area contributed by atoms with Gasteiger partial charge < -0.3 is 0 Å². The highest BCUT2D eigenvalue weighted by Gasteiger charge is 2.36. The molecule has 9 heteroatoms. The second-order valence-corrected chi connectivity index (χ2v) is 6.91. The minimum atomic E-state index is -0.462. The number of aromatic nitrogens is 2. The maximum absolute atomic E-state index is 12.1. The summed E-state index contributed by atoms with van der Waals surface area (Å²) in [6, 6.07) is 0. The molecule has 1 aromatic heterocycles. The largest absolute Gasteiger partial charge is 0.299 e. The number of aryl methyl sites for hydroxylation is 1. The van der Waals surface area contributed by atoms with Crippen LogP contribution >= 0.6 is 23.1 Å². The molecule has 2 rings (SSSR count). The van der Waals surface area contributed by atoms with E-state index in [4.69, 9.17) is 0 Å². The minimum absolute atomic E-state index is 0.315. The Bertz CT molecular complexity index is 649. The van der Waals surface area contributed by atoms with E-state index in [2.05, 4.69) is 15.5 Å². The zero-order chi connectivity index (χ0) is 16.3. The first-order valence-electron chi connectivity index (χ1n) is 6.75. The Balaban J connectivity index is 1.98. The number of hydrogen-bond donors (Lipinski definition) is 1. The van der Waals surface area contributed by atoms with E-state index in [1.54, 1.807) is 13.8 Å². The molecule has 22 heavy (non-hydrogen) atoms. The van der Waals surface area contributed by atoms with Crippen LogP contribution in [0.2, 0.25) is 0 Å². The molecule has 2 heterocycles. The predicted octanol–water partition coefficient (Wildman–Crippen LogP) is 2.42. The van der Waals surface area contributed by atoms with E-state index < -0.39 is 17.1 Å². The van der Waals surface area contributed by atoms with E-state index in [0.717, 1.165) is 40.1 Å². The molecule has 0 atom stereocenters. The number of nitrogens with one attached hydrogen (secondary N) is 1. The topological polar surface area (TPSA) is 92.3 Å². The second-order valence-electron chi connectivity index (χ2n) is 4.89. The summed E-state index contributed by atoms with van der Waals surface area (Å²) in [6.07, 6.45) is 1.75. The SMILES string of the molecule is CCCc1nnc(NC(=O)CN2C(=O)SC(=C(C)C)C2=O)s1. The summed E-state index contributed by atoms with van der Waals surface area (Å²) in [6.45, 7) is 5.23. The summed E-state index contributed by atoms with van der Waals surface area (Å²) in [5, 5.41) is 11.2. The highest BCUT2D eigenvalue weighted by Crippen LogP contribution is 2.32. The van der Waals surface area contributed by atoms with E-state index in [-0.39, 0.29) is 6.54 Å². The van der Waals surface area contributed by atoms with E-state index in [0.29, 0.717) is 10.0 Å². The lowest BCUT2D eigenvalue weighted by Crippen LogP contribution is -2.36. The molecule has 3 amide bonds. The lowest BCUT2D eigenvalue weighted by Gasteiger charge is -2.11. The van der Waals surface area contributed by atoms with Gasteiger partial charge in [-0.25, -0.2) is 0 Å². The first-order chi connectivity index (χ1) is 10.4. The van der Waals surface area contributed by atoms with Crippen molar-refractivity contribution in [3.05, 3.63) is 15.5 Å². The molecule has 1 aliphatic rings. The molecule has 0 aromatic carbocycles. The number of carbonyl (C=O) groups is 3. The summed E-state index contributed by atoms with van der Waals surface area (Å²) in [4.78, 5) is 37.1. The molecule has 1 aliphatic heterocycles. The van der Waals surface area contributed by atoms with Crippen molar-refractivity contribution in [1.29, 1.82) is 0 Å². The van der Waals surface area contributed by atoms with Gasteiger partial charge >= 0.3 is 0 Å². The molecule has 1 fully saturated rings. The maximum atomic E-state index is 12.1. The maximum Gasteiger partial charge on any atom is 0.294 e. The van der Waals surface area contributed by atoms with Gasteiger partial charge in [-0.3, -0.25) is 24.6 Å². The molecule has 7 nitrogen and oxygen atoms in total. The normalized spacial score (nSPS) is 14.7. The fraction of sp³-hybridized carbons (Fsp3) is 0.462. The van der Waals surface area contributed by atoms with Gasteiger partial charge in [0.05, 0.1) is 4.91 Å². The molecule has 0 radical (unpaired) electrons. The van der Waals surface area contributed by atoms with Crippen LogP contribution in [0.25, 0.3) is 0 Å². The molecular formula is C13H16N4O3S2. The van der Waals surface area contributed by atoms with Crippen LogP contribution in [0.3, 0.4) is 0 Å². The lowest BCUT2D eigenvalue weighted by molar-refractivity contribution is -0.127. The fourth-order valence-corrected chi connectivity index (χ4v) is 3.46. The number of amides is 3. The van der Waals surface area contributed by atoms with Crippen molar-refractivity contribution in [2.45, 2.75) is 33.6 Å². The molecule has 1 saturated heterocycles. The first-order valence-corrected chi connectivity index (χ1v) is 8.39. The molecule has 118 valence electrons. The number of rotatable bonds is 5. The fourth-order valence-electron chi connectivity index (χ4n) is 1.77. The van der Waals surface area contributed by atoms with Crippen molar-refractivity contribution in [2.75, 3.05) is 11.9 Å².